The Hall–Kier alpha value is -2.99. The van der Waals surface area contributed by atoms with Crippen LogP contribution in [0.1, 0.15) is 25.0 Å². The van der Waals surface area contributed by atoms with Crippen molar-refractivity contribution in [1.29, 1.82) is 5.26 Å². The van der Waals surface area contributed by atoms with Crippen LogP contribution in [0.3, 0.4) is 0 Å². The summed E-state index contributed by atoms with van der Waals surface area (Å²) in [6.07, 6.45) is 5.59. The highest BCUT2D eigenvalue weighted by molar-refractivity contribution is 7.90. The molecule has 0 spiro atoms. The molecule has 2 aromatic rings. The average Bonchev–Trinajstić information content (AvgIpc) is 3.51. The number of nitrogens with one attached hydrogen (secondary N) is 1. The molecule has 156 valence electrons. The number of hydrogen-bond donors (Lipinski definition) is 1. The Balaban J connectivity index is 1.50. The molecule has 2 fully saturated rings. The van der Waals surface area contributed by atoms with Crippen LogP contribution in [0.25, 0.3) is 0 Å². The number of nitriles is 1. The second-order valence-electron chi connectivity index (χ2n) is 7.98. The highest BCUT2D eigenvalue weighted by Gasteiger charge is 2.56. The van der Waals surface area contributed by atoms with E-state index in [1.165, 1.54) is 6.26 Å². The van der Waals surface area contributed by atoms with E-state index < -0.39 is 15.3 Å². The van der Waals surface area contributed by atoms with E-state index in [0.29, 0.717) is 42.4 Å². The summed E-state index contributed by atoms with van der Waals surface area (Å²) in [6.45, 7) is 0.519. The van der Waals surface area contributed by atoms with Gasteiger partial charge in [0.2, 0.25) is 5.91 Å². The van der Waals surface area contributed by atoms with Crippen molar-refractivity contribution in [2.45, 2.75) is 25.7 Å². The van der Waals surface area contributed by atoms with Crippen LogP contribution in [-0.2, 0) is 21.1 Å². The Kier molecular flexibility index (Phi) is 5.20. The minimum absolute atomic E-state index is 0.0376. The van der Waals surface area contributed by atoms with Gasteiger partial charge in [-0.2, -0.15) is 5.26 Å². The third-order valence-corrected chi connectivity index (χ3v) is 6.62. The third kappa shape index (κ3) is 4.14. The zero-order chi connectivity index (χ0) is 21.4. The number of hydrogen-bond acceptors (Lipinski definition) is 7. The molecule has 1 amide bonds. The Morgan fingerprint density at radius 2 is 2.10 bits per heavy atom. The zero-order valence-electron chi connectivity index (χ0n) is 16.7. The maximum atomic E-state index is 13.0. The highest BCUT2D eigenvalue weighted by atomic mass is 32.2. The van der Waals surface area contributed by atoms with Crippen LogP contribution in [0.15, 0.2) is 36.5 Å². The molecule has 1 saturated carbocycles. The molecule has 2 aliphatic rings. The molecule has 1 aliphatic heterocycles. The first-order valence-corrected chi connectivity index (χ1v) is 12.0. The summed E-state index contributed by atoms with van der Waals surface area (Å²) in [4.78, 5) is 23.4. The maximum Gasteiger partial charge on any atom is 0.247 e. The van der Waals surface area contributed by atoms with Gasteiger partial charge in [-0.05, 0) is 43.4 Å². The standard InChI is InChI=1S/C21H23N5O3S/c1-30(28,29)12-8-16-3-2-4-18(24-16)25-19-13-17(7-10-23-19)26-11-9-21(14-22,20(26)27)15-5-6-15/h2-4,7,10,13,15H,5-6,8-9,11-12H2,1H3,(H,23,24,25)/t21-/m1/s1. The van der Waals surface area contributed by atoms with Gasteiger partial charge in [0.25, 0.3) is 0 Å². The van der Waals surface area contributed by atoms with Crippen LogP contribution in [0, 0.1) is 22.7 Å². The zero-order valence-corrected chi connectivity index (χ0v) is 17.5. The summed E-state index contributed by atoms with van der Waals surface area (Å²) >= 11 is 0. The second-order valence-corrected chi connectivity index (χ2v) is 10.2. The van der Waals surface area contributed by atoms with E-state index in [2.05, 4.69) is 21.4 Å². The van der Waals surface area contributed by atoms with Crippen molar-refractivity contribution in [3.8, 4) is 6.07 Å². The van der Waals surface area contributed by atoms with Gasteiger partial charge in [0.1, 0.15) is 26.9 Å². The van der Waals surface area contributed by atoms with Crippen LogP contribution in [0.5, 0.6) is 0 Å². The lowest BCUT2D eigenvalue weighted by Gasteiger charge is -2.21. The number of aryl methyl sites for hydroxylation is 1. The number of aromatic nitrogens is 2. The summed E-state index contributed by atoms with van der Waals surface area (Å²) in [5.74, 6) is 1.16. The van der Waals surface area contributed by atoms with Crippen LogP contribution >= 0.6 is 0 Å². The highest BCUT2D eigenvalue weighted by Crippen LogP contribution is 2.51. The summed E-state index contributed by atoms with van der Waals surface area (Å²) in [5.41, 5.74) is 0.481. The number of pyridine rings is 2. The molecule has 1 atom stereocenters. The van der Waals surface area contributed by atoms with E-state index in [-0.39, 0.29) is 17.6 Å². The maximum absolute atomic E-state index is 13.0. The molecule has 0 radical (unpaired) electrons. The van der Waals surface area contributed by atoms with Crippen molar-refractivity contribution >= 4 is 33.1 Å². The summed E-state index contributed by atoms with van der Waals surface area (Å²) in [7, 11) is -3.06. The molecular weight excluding hydrogens is 402 g/mol. The molecule has 0 bridgehead atoms. The van der Waals surface area contributed by atoms with Crippen molar-refractivity contribution in [3.63, 3.8) is 0 Å². The summed E-state index contributed by atoms with van der Waals surface area (Å²) in [6, 6.07) is 11.2. The van der Waals surface area contributed by atoms with Crippen molar-refractivity contribution in [1.82, 2.24) is 9.97 Å². The molecule has 2 aromatic heterocycles. The summed E-state index contributed by atoms with van der Waals surface area (Å²) < 4.78 is 22.8. The number of carbonyl (C=O) groups is 1. The fourth-order valence-corrected chi connectivity index (χ4v) is 4.48. The van der Waals surface area contributed by atoms with Gasteiger partial charge in [0.05, 0.1) is 11.8 Å². The number of anilines is 3. The summed E-state index contributed by atoms with van der Waals surface area (Å²) in [5, 5.41) is 12.8. The molecule has 8 nitrogen and oxygen atoms in total. The minimum Gasteiger partial charge on any atom is -0.325 e. The quantitative estimate of drug-likeness (QED) is 0.724. The van der Waals surface area contributed by atoms with E-state index in [9.17, 15) is 18.5 Å². The largest absolute Gasteiger partial charge is 0.325 e. The Morgan fingerprint density at radius 3 is 2.80 bits per heavy atom. The molecule has 1 aliphatic carbocycles. The molecule has 0 aromatic carbocycles. The second kappa shape index (κ2) is 7.69. The van der Waals surface area contributed by atoms with Gasteiger partial charge in [-0.25, -0.2) is 18.4 Å². The lowest BCUT2D eigenvalue weighted by atomic mass is 9.83. The average molecular weight is 426 g/mol. The van der Waals surface area contributed by atoms with Crippen LogP contribution < -0.4 is 10.2 Å². The van der Waals surface area contributed by atoms with E-state index in [0.717, 1.165) is 12.8 Å². The smallest absolute Gasteiger partial charge is 0.247 e. The van der Waals surface area contributed by atoms with Gasteiger partial charge >= 0.3 is 0 Å². The van der Waals surface area contributed by atoms with Crippen molar-refractivity contribution in [3.05, 3.63) is 42.2 Å². The third-order valence-electron chi connectivity index (χ3n) is 5.68. The van der Waals surface area contributed by atoms with E-state index in [1.807, 2.05) is 0 Å². The van der Waals surface area contributed by atoms with Gasteiger partial charge in [-0.3, -0.25) is 4.79 Å². The number of sulfone groups is 1. The number of rotatable bonds is 7. The normalized spacial score (nSPS) is 21.5. The predicted molar refractivity (Wildman–Crippen MR) is 113 cm³/mol. The van der Waals surface area contributed by atoms with Crippen molar-refractivity contribution < 1.29 is 13.2 Å². The fourth-order valence-electron chi connectivity index (χ4n) is 3.90. The SMILES string of the molecule is CS(=O)(=O)CCc1cccc(Nc2cc(N3CC[C@@](C#N)(C4CC4)C3=O)ccn2)n1. The van der Waals surface area contributed by atoms with Gasteiger partial charge in [-0.1, -0.05) is 6.07 Å². The van der Waals surface area contributed by atoms with E-state index >= 15 is 0 Å². The van der Waals surface area contributed by atoms with Gasteiger partial charge in [0, 0.05) is 42.9 Å². The topological polar surface area (TPSA) is 116 Å². The predicted octanol–water partition coefficient (Wildman–Crippen LogP) is 2.46. The molecule has 9 heteroatoms. The number of amides is 1. The minimum atomic E-state index is -3.06. The van der Waals surface area contributed by atoms with Crippen molar-refractivity contribution in [2.75, 3.05) is 28.8 Å². The van der Waals surface area contributed by atoms with Gasteiger partial charge in [0.15, 0.2) is 0 Å². The first kappa shape index (κ1) is 20.3. The first-order valence-electron chi connectivity index (χ1n) is 9.91. The lowest BCUT2D eigenvalue weighted by Crippen LogP contribution is -2.35. The molecule has 1 N–H and O–H groups in total. The van der Waals surface area contributed by atoms with E-state index in [1.54, 1.807) is 41.4 Å². The molecule has 1 saturated heterocycles. The van der Waals surface area contributed by atoms with Crippen LogP contribution in [0.4, 0.5) is 17.3 Å². The molecule has 4 rings (SSSR count). The van der Waals surface area contributed by atoms with E-state index in [4.69, 9.17) is 0 Å². The molecule has 30 heavy (non-hydrogen) atoms. The molecule has 0 unspecified atom stereocenters. The number of nitrogens with zero attached hydrogens (tertiary/aromatic N) is 4. The molecular formula is C21H23N5O3S. The van der Waals surface area contributed by atoms with Crippen molar-refractivity contribution in [2.24, 2.45) is 11.3 Å². The van der Waals surface area contributed by atoms with Gasteiger partial charge < -0.3 is 10.2 Å². The lowest BCUT2D eigenvalue weighted by molar-refractivity contribution is -0.123. The Bertz CT molecular complexity index is 1120. The monoisotopic (exact) mass is 425 g/mol. The fraction of sp³-hybridized carbons (Fsp3) is 0.429. The number of carbonyl (C=O) groups excluding carboxylic acids is 1. The Morgan fingerprint density at radius 1 is 1.30 bits per heavy atom. The van der Waals surface area contributed by atoms with Crippen LogP contribution in [0.2, 0.25) is 0 Å². The Labute approximate surface area is 175 Å². The van der Waals surface area contributed by atoms with Gasteiger partial charge in [-0.15, -0.1) is 0 Å². The molecule has 3 heterocycles. The van der Waals surface area contributed by atoms with Crippen LogP contribution in [-0.4, -0.2) is 42.8 Å². The first-order chi connectivity index (χ1) is 14.3.